The number of benzene rings is 1. The van der Waals surface area contributed by atoms with Gasteiger partial charge in [0.25, 0.3) is 0 Å². The molecule has 36 heavy (non-hydrogen) atoms. The summed E-state index contributed by atoms with van der Waals surface area (Å²) in [6, 6.07) is 7.72. The Hall–Kier alpha value is -2.34. The number of carboxylic acids is 1. The van der Waals surface area contributed by atoms with E-state index in [2.05, 4.69) is 13.8 Å². The lowest BCUT2D eigenvalue weighted by Gasteiger charge is -2.42. The van der Waals surface area contributed by atoms with E-state index in [9.17, 15) is 14.7 Å². The molecule has 1 aliphatic carbocycles. The van der Waals surface area contributed by atoms with Crippen LogP contribution in [0, 0.1) is 5.92 Å². The van der Waals surface area contributed by atoms with E-state index < -0.39 is 40.3 Å². The van der Waals surface area contributed by atoms with Crippen molar-refractivity contribution in [2.24, 2.45) is 5.92 Å². The second-order valence-electron chi connectivity index (χ2n) is 9.83. The van der Waals surface area contributed by atoms with Gasteiger partial charge in [0.05, 0.1) is 5.57 Å². The van der Waals surface area contributed by atoms with Gasteiger partial charge in [0.1, 0.15) is 0 Å². The minimum absolute atomic E-state index is 0.00305. The van der Waals surface area contributed by atoms with Gasteiger partial charge in [-0.2, -0.15) is 8.78 Å². The molecule has 0 aromatic heterocycles. The fourth-order valence-corrected chi connectivity index (χ4v) is 4.80. The molecule has 1 aromatic carbocycles. The average molecular weight is 505 g/mol. The highest BCUT2D eigenvalue weighted by Gasteiger charge is 2.63. The number of halogens is 2. The Bertz CT molecular complexity index is 907. The first-order chi connectivity index (χ1) is 17.2. The van der Waals surface area contributed by atoms with E-state index in [1.54, 1.807) is 25.1 Å². The molecular weight excluding hydrogens is 462 g/mol. The summed E-state index contributed by atoms with van der Waals surface area (Å²) >= 11 is 0. The standard InChI is InChI=1S/C30H42F2O4/c1-4-6-8-10-13-17-23(3)27(33)29(36-22-16-11-9-7-5-2)21-20-25(28(34)35)26(30(29,31)32)24-18-14-12-15-19-24/h12,14-15,18-21,23H,4-11,13,16-17,22H2,1-3H3,(H,34,35). The Balaban J connectivity index is 2.41. The third-order valence-electron chi connectivity index (χ3n) is 6.96. The number of hydrogen-bond donors (Lipinski definition) is 1. The van der Waals surface area contributed by atoms with Crippen molar-refractivity contribution in [1.82, 2.24) is 0 Å². The predicted octanol–water partition coefficient (Wildman–Crippen LogP) is 8.02. The number of ether oxygens (including phenoxy) is 1. The van der Waals surface area contributed by atoms with Gasteiger partial charge in [0.2, 0.25) is 5.60 Å². The van der Waals surface area contributed by atoms with Crippen LogP contribution in [0.2, 0.25) is 0 Å². The van der Waals surface area contributed by atoms with Crippen molar-refractivity contribution >= 4 is 17.3 Å². The Morgan fingerprint density at radius 2 is 1.50 bits per heavy atom. The molecule has 6 heteroatoms. The van der Waals surface area contributed by atoms with Gasteiger partial charge in [-0.3, -0.25) is 4.79 Å². The summed E-state index contributed by atoms with van der Waals surface area (Å²) < 4.78 is 38.9. The fraction of sp³-hybridized carbons (Fsp3) is 0.600. The summed E-state index contributed by atoms with van der Waals surface area (Å²) in [5.74, 6) is -6.65. The smallest absolute Gasteiger partial charge is 0.336 e. The second-order valence-corrected chi connectivity index (χ2v) is 9.83. The maximum atomic E-state index is 16.5. The van der Waals surface area contributed by atoms with E-state index in [0.717, 1.165) is 69.9 Å². The van der Waals surface area contributed by atoms with E-state index in [1.807, 2.05) is 0 Å². The highest BCUT2D eigenvalue weighted by atomic mass is 19.3. The summed E-state index contributed by atoms with van der Waals surface area (Å²) in [7, 11) is 0. The number of carbonyl (C=O) groups is 2. The van der Waals surface area contributed by atoms with Crippen LogP contribution in [0.15, 0.2) is 48.1 Å². The van der Waals surface area contributed by atoms with Crippen LogP contribution >= 0.6 is 0 Å². The minimum atomic E-state index is -3.85. The molecule has 0 saturated heterocycles. The Labute approximate surface area is 214 Å². The van der Waals surface area contributed by atoms with Crippen LogP contribution in [-0.4, -0.2) is 35.0 Å². The number of ketones is 1. The van der Waals surface area contributed by atoms with E-state index >= 15 is 8.78 Å². The molecule has 2 unspecified atom stereocenters. The number of carbonyl (C=O) groups excluding carboxylic acids is 1. The zero-order valence-corrected chi connectivity index (χ0v) is 22.0. The molecule has 0 amide bonds. The van der Waals surface area contributed by atoms with Crippen molar-refractivity contribution < 1.29 is 28.2 Å². The first-order valence-corrected chi connectivity index (χ1v) is 13.5. The van der Waals surface area contributed by atoms with Gasteiger partial charge in [0, 0.05) is 18.1 Å². The van der Waals surface area contributed by atoms with E-state index in [0.29, 0.717) is 12.8 Å². The van der Waals surface area contributed by atoms with E-state index in [1.165, 1.54) is 12.1 Å². The number of Topliss-reactive ketones (excluding diaryl/α,β-unsaturated/α-hetero) is 1. The largest absolute Gasteiger partial charge is 0.478 e. The first kappa shape index (κ1) is 29.9. The monoisotopic (exact) mass is 504 g/mol. The molecule has 4 nitrogen and oxygen atoms in total. The molecule has 2 atom stereocenters. The Kier molecular flexibility index (Phi) is 12.0. The number of rotatable bonds is 17. The molecule has 1 aromatic rings. The molecule has 1 N–H and O–H groups in total. The number of hydrogen-bond acceptors (Lipinski definition) is 3. The van der Waals surface area contributed by atoms with Crippen LogP contribution in [0.5, 0.6) is 0 Å². The van der Waals surface area contributed by atoms with Gasteiger partial charge in [-0.25, -0.2) is 4.79 Å². The first-order valence-electron chi connectivity index (χ1n) is 13.5. The highest BCUT2D eigenvalue weighted by Crippen LogP contribution is 2.50. The molecule has 0 aliphatic heterocycles. The van der Waals surface area contributed by atoms with Gasteiger partial charge in [-0.05, 0) is 30.6 Å². The molecule has 0 heterocycles. The summed E-state index contributed by atoms with van der Waals surface area (Å²) in [5, 5.41) is 9.74. The van der Waals surface area contributed by atoms with Crippen molar-refractivity contribution in [3.63, 3.8) is 0 Å². The average Bonchev–Trinajstić information content (AvgIpc) is 2.86. The Morgan fingerprint density at radius 1 is 0.917 bits per heavy atom. The maximum absolute atomic E-state index is 16.5. The van der Waals surface area contributed by atoms with Gasteiger partial charge >= 0.3 is 11.9 Å². The summed E-state index contributed by atoms with van der Waals surface area (Å²) in [6.07, 6.45) is 12.1. The van der Waals surface area contributed by atoms with Crippen LogP contribution in [0.4, 0.5) is 8.78 Å². The SMILES string of the molecule is CCCCCCCOC1(C(=O)C(C)CCCCCCC)C=CC(C(=O)O)=C(c2ccccc2)C1(F)F. The lowest BCUT2D eigenvalue weighted by atomic mass is 9.73. The van der Waals surface area contributed by atoms with Crippen LogP contribution < -0.4 is 0 Å². The van der Waals surface area contributed by atoms with Crippen LogP contribution in [0.1, 0.15) is 97.0 Å². The number of aliphatic carboxylic acids is 1. The summed E-state index contributed by atoms with van der Waals surface area (Å²) in [6.45, 7) is 5.90. The minimum Gasteiger partial charge on any atom is -0.478 e. The molecule has 0 bridgehead atoms. The zero-order chi connectivity index (χ0) is 26.6. The third kappa shape index (κ3) is 7.12. The van der Waals surface area contributed by atoms with Gasteiger partial charge in [-0.15, -0.1) is 0 Å². The normalized spacial score (nSPS) is 19.9. The zero-order valence-electron chi connectivity index (χ0n) is 22.0. The lowest BCUT2D eigenvalue weighted by Crippen LogP contribution is -2.59. The van der Waals surface area contributed by atoms with Crippen molar-refractivity contribution in [2.45, 2.75) is 103 Å². The third-order valence-corrected chi connectivity index (χ3v) is 6.96. The predicted molar refractivity (Wildman–Crippen MR) is 140 cm³/mol. The summed E-state index contributed by atoms with van der Waals surface area (Å²) in [4.78, 5) is 25.7. The second kappa shape index (κ2) is 14.4. The van der Waals surface area contributed by atoms with Crippen molar-refractivity contribution in [1.29, 1.82) is 0 Å². The highest BCUT2D eigenvalue weighted by molar-refractivity contribution is 6.06. The molecular formula is C30H42F2O4. The van der Waals surface area contributed by atoms with E-state index in [4.69, 9.17) is 4.74 Å². The molecule has 200 valence electrons. The van der Waals surface area contributed by atoms with Gasteiger partial charge in [0.15, 0.2) is 5.78 Å². The van der Waals surface area contributed by atoms with Gasteiger partial charge < -0.3 is 9.84 Å². The summed E-state index contributed by atoms with van der Waals surface area (Å²) in [5.41, 5.74) is -3.66. The van der Waals surface area contributed by atoms with Crippen molar-refractivity contribution in [3.8, 4) is 0 Å². The molecule has 0 spiro atoms. The molecule has 0 fully saturated rings. The van der Waals surface area contributed by atoms with Crippen LogP contribution in [-0.2, 0) is 14.3 Å². The topological polar surface area (TPSA) is 63.6 Å². The number of unbranched alkanes of at least 4 members (excludes halogenated alkanes) is 8. The number of alkyl halides is 2. The molecule has 0 saturated carbocycles. The molecule has 2 rings (SSSR count). The van der Waals surface area contributed by atoms with Gasteiger partial charge in [-0.1, -0.05) is 109 Å². The van der Waals surface area contributed by atoms with Crippen LogP contribution in [0.25, 0.3) is 5.57 Å². The Morgan fingerprint density at radius 3 is 2.08 bits per heavy atom. The van der Waals surface area contributed by atoms with E-state index in [-0.39, 0.29) is 12.2 Å². The fourth-order valence-electron chi connectivity index (χ4n) is 4.80. The number of carboxylic acid groups (broad SMARTS) is 1. The maximum Gasteiger partial charge on any atom is 0.336 e. The molecule has 0 radical (unpaired) electrons. The van der Waals surface area contributed by atoms with Crippen molar-refractivity contribution in [2.75, 3.05) is 6.61 Å². The lowest BCUT2D eigenvalue weighted by molar-refractivity contribution is -0.177. The quantitative estimate of drug-likeness (QED) is 0.218. The van der Waals surface area contributed by atoms with Crippen molar-refractivity contribution in [3.05, 3.63) is 53.6 Å². The molecule has 1 aliphatic rings. The van der Waals surface area contributed by atoms with Crippen LogP contribution in [0.3, 0.4) is 0 Å².